The molecule has 0 aromatic carbocycles. The highest BCUT2D eigenvalue weighted by molar-refractivity contribution is 4.85. The normalized spacial score (nSPS) is 30.8. The lowest BCUT2D eigenvalue weighted by Gasteiger charge is -1.83. The van der Waals surface area contributed by atoms with Crippen LogP contribution in [0.2, 0.25) is 2.82 Å². The Morgan fingerprint density at radius 1 is 2.00 bits per heavy atom. The Morgan fingerprint density at radius 2 is 3.00 bits per heavy atom. The first-order chi connectivity index (χ1) is 3.30. The highest BCUT2D eigenvalue weighted by Gasteiger charge is 1.78. The Labute approximate surface area is 33.8 Å². The number of hydrogen-bond acceptors (Lipinski definition) is 2. The molecule has 0 aromatic rings. The van der Waals surface area contributed by atoms with Crippen LogP contribution in [0.5, 0.6) is 0 Å². The van der Waals surface area contributed by atoms with E-state index in [1.54, 1.807) is 6.08 Å². The van der Waals surface area contributed by atoms with E-state index in [0.29, 0.717) is 6.54 Å². The quantitative estimate of drug-likeness (QED) is 0.407. The van der Waals surface area contributed by atoms with Crippen LogP contribution in [-0.4, -0.2) is 6.54 Å². The van der Waals surface area contributed by atoms with Crippen LogP contribution in [0.3, 0.4) is 0 Å². The van der Waals surface area contributed by atoms with Crippen LogP contribution < -0.4 is 10.8 Å². The lowest BCUT2D eigenvalue weighted by Crippen LogP contribution is -2.19. The van der Waals surface area contributed by atoms with Crippen LogP contribution in [0, 0.1) is 0 Å². The van der Waals surface area contributed by atoms with Gasteiger partial charge in [-0.1, -0.05) is 6.08 Å². The molecule has 0 radical (unpaired) electrons. The lowest BCUT2D eigenvalue weighted by molar-refractivity contribution is 0.727. The summed E-state index contributed by atoms with van der Waals surface area (Å²) in [6.07, 6.45) is 3.28. The molecule has 0 saturated heterocycles. The first kappa shape index (κ1) is 1.30. The first-order valence-electron chi connectivity index (χ1n) is 2.41. The monoisotopic (exact) mass is 72.1 g/mol. The topological polar surface area (TPSA) is 24.1 Å². The minimum Gasteiger partial charge on any atom is -0.329 e. The van der Waals surface area contributed by atoms with E-state index in [4.69, 9.17) is 2.82 Å². The van der Waals surface area contributed by atoms with Gasteiger partial charge in [0.1, 0.15) is 1.41 Å². The molecule has 0 saturated carbocycles. The fourth-order valence-corrected chi connectivity index (χ4v) is 0.236. The van der Waals surface area contributed by atoms with Crippen LogP contribution in [0.25, 0.3) is 0 Å². The van der Waals surface area contributed by atoms with Gasteiger partial charge in [-0.05, 0) is 0 Å². The number of nitrogens with one attached hydrogen (secondary N) is 2. The van der Waals surface area contributed by atoms with Gasteiger partial charge >= 0.3 is 0 Å². The highest BCUT2D eigenvalue weighted by Crippen LogP contribution is 1.67. The zero-order valence-electron chi connectivity index (χ0n) is 4.76. The summed E-state index contributed by atoms with van der Waals surface area (Å²) in [4.78, 5) is 0. The largest absolute Gasteiger partial charge is 0.329 e. The van der Waals surface area contributed by atoms with Gasteiger partial charge in [-0.3, -0.25) is 0 Å². The van der Waals surface area contributed by atoms with Crippen molar-refractivity contribution in [1.29, 1.82) is 0 Å². The van der Waals surface area contributed by atoms with Gasteiger partial charge in [-0.25, -0.2) is 5.42 Å². The van der Waals surface area contributed by atoms with Crippen molar-refractivity contribution < 1.29 is 2.82 Å². The van der Waals surface area contributed by atoms with Crippen molar-refractivity contribution in [2.24, 2.45) is 0 Å². The van der Waals surface area contributed by atoms with Gasteiger partial charge in [0.25, 0.3) is 0 Å². The van der Waals surface area contributed by atoms with Crippen LogP contribution in [0.4, 0.5) is 0 Å². The van der Waals surface area contributed by atoms with Gasteiger partial charge in [0.05, 0.1) is 0 Å². The van der Waals surface area contributed by atoms with Gasteiger partial charge < -0.3 is 5.42 Å². The molecule has 2 heteroatoms. The van der Waals surface area contributed by atoms with Crippen molar-refractivity contribution in [1.82, 2.24) is 10.8 Å². The van der Waals surface area contributed by atoms with E-state index < -0.39 is 0 Å². The molecule has 1 aliphatic heterocycles. The molecule has 2 N–H and O–H groups in total. The van der Waals surface area contributed by atoms with E-state index in [9.17, 15) is 0 Å². The summed E-state index contributed by atoms with van der Waals surface area (Å²) >= 11 is 0. The molecule has 1 heterocycles. The third-order valence-corrected chi connectivity index (χ3v) is 0.441. The van der Waals surface area contributed by atoms with Crippen LogP contribution >= 0.6 is 0 Å². The predicted octanol–water partition coefficient (Wildman–Crippen LogP) is -0.392. The molecule has 1 aliphatic rings. The summed E-state index contributed by atoms with van der Waals surface area (Å²) in [7, 11) is 0. The van der Waals surface area contributed by atoms with E-state index in [1.807, 2.05) is 0 Å². The van der Waals surface area contributed by atoms with Gasteiger partial charge in [0, 0.05) is 12.7 Å². The Bertz CT molecular complexity index is 92.9. The maximum atomic E-state index is 6.85. The molecule has 0 amide bonds. The summed E-state index contributed by atoms with van der Waals surface area (Å²) in [5, 5.41) is 0. The molecule has 28 valence electrons. The van der Waals surface area contributed by atoms with E-state index in [0.717, 1.165) is 10.8 Å². The molecular weight excluding hydrogens is 64.0 g/mol. The fraction of sp³-hybridized carbons (Fsp3) is 0.333. The average Bonchev–Trinajstić information content (AvgIpc) is 1.91. The molecule has 5 heavy (non-hydrogen) atoms. The molecule has 0 aliphatic carbocycles. The molecule has 0 spiro atoms. The van der Waals surface area contributed by atoms with Gasteiger partial charge in [-0.15, -0.1) is 0 Å². The Morgan fingerprint density at radius 3 is 3.20 bits per heavy atom. The molecule has 0 atom stereocenters. The average molecular weight is 72.1 g/mol. The summed E-state index contributed by atoms with van der Waals surface area (Å²) in [6, 6.07) is 0. The molecule has 0 fully saturated rings. The third-order valence-electron chi connectivity index (χ3n) is 0.441. The van der Waals surface area contributed by atoms with Crippen molar-refractivity contribution >= 4 is 0 Å². The maximum Gasteiger partial charge on any atom is 0.181 e. The summed E-state index contributed by atoms with van der Waals surface area (Å²) in [6.45, 7) is 0.531. The van der Waals surface area contributed by atoms with Gasteiger partial charge in [0.2, 0.25) is 0 Å². The number of hydrazine groups is 1. The number of hydrogen-bond donors (Lipinski definition) is 2. The van der Waals surface area contributed by atoms with Crippen molar-refractivity contribution in [3.8, 4) is 0 Å². The van der Waals surface area contributed by atoms with Crippen molar-refractivity contribution in [3.05, 3.63) is 12.3 Å². The summed E-state index contributed by atoms with van der Waals surface area (Å²) < 4.78 is 13.7. The zero-order valence-corrected chi connectivity index (χ0v) is 2.76. The minimum absolute atomic E-state index is 0.531. The SMILES string of the molecule is [2H]N1C=CCN1[2H]. The Kier molecular flexibility index (Phi) is 0.282. The Balaban J connectivity index is 2.45. The summed E-state index contributed by atoms with van der Waals surface area (Å²) in [5.41, 5.74) is 2.01. The molecule has 0 aromatic heterocycles. The van der Waals surface area contributed by atoms with Crippen molar-refractivity contribution in [2.45, 2.75) is 0 Å². The van der Waals surface area contributed by atoms with E-state index in [-0.39, 0.29) is 0 Å². The second kappa shape index (κ2) is 1.08. The van der Waals surface area contributed by atoms with Gasteiger partial charge in [-0.2, -0.15) is 0 Å². The molecular formula is C3H6N2. The minimum atomic E-state index is 0.531. The summed E-state index contributed by atoms with van der Waals surface area (Å²) in [5.74, 6) is 0. The third kappa shape index (κ3) is 0.389. The second-order valence-electron chi connectivity index (χ2n) is 0.824. The van der Waals surface area contributed by atoms with Gasteiger partial charge in [0.15, 0.2) is 1.41 Å². The van der Waals surface area contributed by atoms with E-state index in [2.05, 4.69) is 0 Å². The predicted molar refractivity (Wildman–Crippen MR) is 20.3 cm³/mol. The molecule has 0 unspecified atom stereocenters. The molecule has 2 nitrogen and oxygen atoms in total. The zero-order chi connectivity index (χ0) is 5.28. The highest BCUT2D eigenvalue weighted by atomic mass is 15.4. The van der Waals surface area contributed by atoms with Crippen molar-refractivity contribution in [3.63, 3.8) is 0 Å². The van der Waals surface area contributed by atoms with Crippen molar-refractivity contribution in [2.75, 3.05) is 6.54 Å². The standard InChI is InChI=1S/C3H6N2/c1-2-4-5-3-1/h1-2,4-5H,3H2/i/hD2. The molecule has 0 bridgehead atoms. The second-order valence-corrected chi connectivity index (χ2v) is 0.824. The van der Waals surface area contributed by atoms with Crippen LogP contribution in [-0.2, 0) is 0 Å². The molecule has 1 rings (SSSR count). The maximum absolute atomic E-state index is 6.85. The van der Waals surface area contributed by atoms with E-state index in [1.165, 1.54) is 6.20 Å². The first-order valence-corrected chi connectivity index (χ1v) is 1.52. The fourth-order valence-electron chi connectivity index (χ4n) is 0.236. The lowest BCUT2D eigenvalue weighted by atomic mass is 10.7. The smallest absolute Gasteiger partial charge is 0.181 e. The van der Waals surface area contributed by atoms with E-state index >= 15 is 0 Å². The van der Waals surface area contributed by atoms with Crippen LogP contribution in [0.15, 0.2) is 12.3 Å². The van der Waals surface area contributed by atoms with Crippen LogP contribution in [0.1, 0.15) is 0 Å². The Hall–Kier alpha value is -0.500. The number of rotatable bonds is 0.